The lowest BCUT2D eigenvalue weighted by Crippen LogP contribution is -2.20. The molecule has 0 radical (unpaired) electrons. The minimum atomic E-state index is -3.31. The van der Waals surface area contributed by atoms with Gasteiger partial charge in [0.1, 0.15) is 0 Å². The Balaban J connectivity index is 0. The Hall–Kier alpha value is -2.54. The summed E-state index contributed by atoms with van der Waals surface area (Å²) < 4.78 is 52.6. The van der Waals surface area contributed by atoms with E-state index in [9.17, 15) is 36.0 Å². The number of hydrogen-bond acceptors (Lipinski definition) is 10. The molecular formula is C42H72O10S2. The van der Waals surface area contributed by atoms with Crippen LogP contribution in [-0.4, -0.2) is 65.7 Å². The van der Waals surface area contributed by atoms with E-state index in [1.165, 1.54) is 0 Å². The Labute approximate surface area is 328 Å². The fourth-order valence-electron chi connectivity index (χ4n) is 6.26. The average molecular weight is 801 g/mol. The molecular weight excluding hydrogens is 729 g/mol. The summed E-state index contributed by atoms with van der Waals surface area (Å²) >= 11 is 0. The van der Waals surface area contributed by atoms with Crippen LogP contribution in [0.5, 0.6) is 0 Å². The smallest absolute Gasteiger partial charge is 0.264 e. The van der Waals surface area contributed by atoms with Crippen LogP contribution in [0.2, 0.25) is 0 Å². The minimum absolute atomic E-state index is 0. The fraction of sp³-hybridized carbons (Fsp3) is 0.714. The van der Waals surface area contributed by atoms with Gasteiger partial charge >= 0.3 is 0 Å². The molecule has 2 aliphatic rings. The molecule has 0 spiro atoms. The van der Waals surface area contributed by atoms with Crippen LogP contribution in [0.4, 0.5) is 0 Å². The van der Waals surface area contributed by atoms with Crippen molar-refractivity contribution in [2.75, 3.05) is 25.7 Å². The summed E-state index contributed by atoms with van der Waals surface area (Å²) in [4.78, 5) is 48.9. The zero-order valence-electron chi connectivity index (χ0n) is 33.0. The van der Waals surface area contributed by atoms with Gasteiger partial charge in [-0.05, 0) is 80.1 Å². The SMILES string of the molecule is C.C.CC1=C(C)C(=O)C(CCCCCCCCCCOS(C)(=O)=O)=C(C)C1=O.CC1=C(C)C(=O)C(CCCCCCCCCCOS(C)(=O)=O)=C(C)C1=O. The molecule has 2 aliphatic carbocycles. The van der Waals surface area contributed by atoms with Crippen molar-refractivity contribution < 1.29 is 44.4 Å². The molecule has 0 atom stereocenters. The number of rotatable bonds is 24. The lowest BCUT2D eigenvalue weighted by molar-refractivity contribution is -0.116. The van der Waals surface area contributed by atoms with Gasteiger partial charge in [-0.15, -0.1) is 0 Å². The van der Waals surface area contributed by atoms with Gasteiger partial charge in [0.15, 0.2) is 23.1 Å². The quantitative estimate of drug-likeness (QED) is 0.0523. The first-order valence-electron chi connectivity index (χ1n) is 18.9. The Morgan fingerprint density at radius 2 is 0.574 bits per heavy atom. The van der Waals surface area contributed by atoms with Crippen LogP contribution in [0.15, 0.2) is 44.6 Å². The van der Waals surface area contributed by atoms with E-state index >= 15 is 0 Å². The first-order chi connectivity index (χ1) is 24.3. The molecule has 10 nitrogen and oxygen atoms in total. The van der Waals surface area contributed by atoms with Gasteiger partial charge in [-0.25, -0.2) is 0 Å². The van der Waals surface area contributed by atoms with E-state index < -0.39 is 20.2 Å². The van der Waals surface area contributed by atoms with E-state index in [0.717, 1.165) is 115 Å². The van der Waals surface area contributed by atoms with Gasteiger partial charge in [0.25, 0.3) is 20.2 Å². The zero-order valence-corrected chi connectivity index (χ0v) is 34.7. The summed E-state index contributed by atoms with van der Waals surface area (Å²) in [7, 11) is -6.62. The van der Waals surface area contributed by atoms with Gasteiger partial charge in [-0.1, -0.05) is 91.9 Å². The molecule has 2 rings (SSSR count). The number of allylic oxidation sites excluding steroid dienone is 8. The number of hydrogen-bond donors (Lipinski definition) is 0. The molecule has 0 bridgehead atoms. The maximum atomic E-state index is 12.3. The van der Waals surface area contributed by atoms with E-state index in [-0.39, 0.29) is 51.2 Å². The summed E-state index contributed by atoms with van der Waals surface area (Å²) in [6.07, 6.45) is 19.9. The van der Waals surface area contributed by atoms with Gasteiger partial charge < -0.3 is 0 Å². The molecule has 0 aliphatic heterocycles. The molecule has 0 saturated heterocycles. The molecule has 0 aromatic carbocycles. The van der Waals surface area contributed by atoms with E-state index in [1.54, 1.807) is 41.5 Å². The molecule has 54 heavy (non-hydrogen) atoms. The molecule has 0 aromatic rings. The van der Waals surface area contributed by atoms with Gasteiger partial charge in [-0.2, -0.15) is 16.8 Å². The maximum absolute atomic E-state index is 12.3. The van der Waals surface area contributed by atoms with Crippen molar-refractivity contribution in [3.63, 3.8) is 0 Å². The number of Topliss-reactive ketones (excluding diaryl/α,β-unsaturated/α-hetero) is 4. The molecule has 0 aromatic heterocycles. The van der Waals surface area contributed by atoms with Crippen molar-refractivity contribution in [3.8, 4) is 0 Å². The highest BCUT2D eigenvalue weighted by Crippen LogP contribution is 2.29. The van der Waals surface area contributed by atoms with Crippen molar-refractivity contribution in [2.24, 2.45) is 0 Å². The third-order valence-electron chi connectivity index (χ3n) is 9.86. The molecule has 0 amide bonds. The summed E-state index contributed by atoms with van der Waals surface area (Å²) in [5, 5.41) is 0. The number of carbonyl (C=O) groups excluding carboxylic acids is 4. The molecule has 0 saturated carbocycles. The summed E-state index contributed by atoms with van der Waals surface area (Å²) in [5.41, 5.74) is 4.99. The third kappa shape index (κ3) is 20.4. The molecule has 0 heterocycles. The lowest BCUT2D eigenvalue weighted by atomic mass is 9.84. The average Bonchev–Trinajstić information content (AvgIpc) is 3.07. The van der Waals surface area contributed by atoms with Gasteiger partial charge in [0.2, 0.25) is 0 Å². The number of carbonyl (C=O) groups is 4. The second-order valence-electron chi connectivity index (χ2n) is 14.2. The van der Waals surface area contributed by atoms with Crippen LogP contribution in [0, 0.1) is 0 Å². The number of unbranched alkanes of at least 4 members (excludes halogenated alkanes) is 14. The Kier molecular flexibility index (Phi) is 26.9. The predicted molar refractivity (Wildman–Crippen MR) is 220 cm³/mol. The van der Waals surface area contributed by atoms with Crippen LogP contribution in [0.3, 0.4) is 0 Å². The monoisotopic (exact) mass is 800 g/mol. The molecule has 0 N–H and O–H groups in total. The van der Waals surface area contributed by atoms with Crippen molar-refractivity contribution >= 4 is 43.4 Å². The van der Waals surface area contributed by atoms with Crippen molar-refractivity contribution in [2.45, 2.75) is 172 Å². The first-order valence-corrected chi connectivity index (χ1v) is 22.6. The third-order valence-corrected chi connectivity index (χ3v) is 11.0. The van der Waals surface area contributed by atoms with E-state index in [1.807, 2.05) is 0 Å². The van der Waals surface area contributed by atoms with Crippen molar-refractivity contribution in [3.05, 3.63) is 44.6 Å². The van der Waals surface area contributed by atoms with Crippen LogP contribution in [-0.2, 0) is 47.8 Å². The molecule has 0 fully saturated rings. The summed E-state index contributed by atoms with van der Waals surface area (Å²) in [5.74, 6) is 0.0979. The fourth-order valence-corrected chi connectivity index (χ4v) is 7.10. The van der Waals surface area contributed by atoms with Gasteiger partial charge in [0, 0.05) is 44.6 Å². The van der Waals surface area contributed by atoms with Crippen LogP contribution >= 0.6 is 0 Å². The predicted octanol–water partition coefficient (Wildman–Crippen LogP) is 9.83. The van der Waals surface area contributed by atoms with Crippen molar-refractivity contribution in [1.29, 1.82) is 0 Å². The molecule has 0 unspecified atom stereocenters. The molecule has 12 heteroatoms. The largest absolute Gasteiger partial charge is 0.289 e. The first kappa shape index (κ1) is 53.6. The van der Waals surface area contributed by atoms with E-state index in [0.29, 0.717) is 57.4 Å². The maximum Gasteiger partial charge on any atom is 0.264 e. The Morgan fingerprint density at radius 1 is 0.352 bits per heavy atom. The highest BCUT2D eigenvalue weighted by molar-refractivity contribution is 7.86. The van der Waals surface area contributed by atoms with E-state index in [2.05, 4.69) is 0 Å². The van der Waals surface area contributed by atoms with Gasteiger partial charge in [-0.3, -0.25) is 27.5 Å². The van der Waals surface area contributed by atoms with E-state index in [4.69, 9.17) is 8.37 Å². The highest BCUT2D eigenvalue weighted by atomic mass is 32.2. The van der Waals surface area contributed by atoms with Crippen LogP contribution in [0.1, 0.15) is 172 Å². The van der Waals surface area contributed by atoms with Crippen molar-refractivity contribution in [1.82, 2.24) is 0 Å². The summed E-state index contributed by atoms with van der Waals surface area (Å²) in [6.45, 7) is 11.0. The van der Waals surface area contributed by atoms with Crippen LogP contribution in [0.25, 0.3) is 0 Å². The Morgan fingerprint density at radius 3 is 0.833 bits per heavy atom. The molecule has 312 valence electrons. The normalized spacial score (nSPS) is 15.4. The van der Waals surface area contributed by atoms with Gasteiger partial charge in [0.05, 0.1) is 25.7 Å². The standard InChI is InChI=1S/2C20H32O5S.2CH4/c2*1-15-16(2)20(22)18(17(3)19(15)21)13-11-9-7-5-6-8-10-12-14-25-26(4,23)24;;/h2*5-14H2,1-4H3;2*1H4. The topological polar surface area (TPSA) is 155 Å². The van der Waals surface area contributed by atoms with Crippen LogP contribution < -0.4 is 0 Å². The minimum Gasteiger partial charge on any atom is -0.289 e. The second-order valence-corrected chi connectivity index (χ2v) is 17.5. The second kappa shape index (κ2) is 27.1. The highest BCUT2D eigenvalue weighted by Gasteiger charge is 2.28. The zero-order chi connectivity index (χ0) is 39.5. The lowest BCUT2D eigenvalue weighted by Gasteiger charge is -2.18. The Bertz CT molecular complexity index is 1490. The number of ketones is 4. The summed E-state index contributed by atoms with van der Waals surface area (Å²) in [6, 6.07) is 0.